The van der Waals surface area contributed by atoms with Gasteiger partial charge in [0.05, 0.1) is 0 Å². The Labute approximate surface area is 113 Å². The number of phenolic OH excluding ortho intramolecular Hbond substituents is 1. The summed E-state index contributed by atoms with van der Waals surface area (Å²) < 4.78 is 0. The van der Waals surface area contributed by atoms with Crippen LogP contribution in [0.5, 0.6) is 5.75 Å². The molecule has 2 rings (SSSR count). The van der Waals surface area contributed by atoms with Crippen LogP contribution in [0.2, 0.25) is 0 Å². The van der Waals surface area contributed by atoms with E-state index in [2.05, 4.69) is 12.1 Å². The van der Waals surface area contributed by atoms with E-state index < -0.39 is 0 Å². The Bertz CT molecular complexity index is 417. The van der Waals surface area contributed by atoms with Gasteiger partial charge in [-0.25, -0.2) is 0 Å². The van der Waals surface area contributed by atoms with Crippen molar-refractivity contribution in [1.29, 1.82) is 0 Å². The van der Waals surface area contributed by atoms with Gasteiger partial charge in [-0.1, -0.05) is 36.0 Å². The minimum absolute atomic E-state index is 0. The Morgan fingerprint density at radius 3 is 2.13 bits per heavy atom. The summed E-state index contributed by atoms with van der Waals surface area (Å²) in [5.74, 6) is 0.311. The van der Waals surface area contributed by atoms with Crippen molar-refractivity contribution in [3.63, 3.8) is 0 Å². The zero-order valence-corrected chi connectivity index (χ0v) is 11.3. The fraction of sp³-hybridized carbons (Fsp3) is 0. The monoisotopic (exact) mass is 292 g/mol. The first-order chi connectivity index (χ1) is 6.84. The van der Waals surface area contributed by atoms with Gasteiger partial charge in [0.25, 0.3) is 0 Å². The Kier molecular flexibility index (Phi) is 5.14. The SMILES string of the molecule is Oc1cccc(Sc2ccccc2)c1.[Zr]. The fourth-order valence-corrected chi connectivity index (χ4v) is 2.06. The molecule has 0 unspecified atom stereocenters. The first-order valence-electron chi connectivity index (χ1n) is 4.36. The Balaban J connectivity index is 0.00000112. The summed E-state index contributed by atoms with van der Waals surface area (Å²) in [6.45, 7) is 0. The summed E-state index contributed by atoms with van der Waals surface area (Å²) in [6, 6.07) is 17.4. The Morgan fingerprint density at radius 2 is 1.47 bits per heavy atom. The van der Waals surface area contributed by atoms with E-state index in [-0.39, 0.29) is 26.2 Å². The summed E-state index contributed by atoms with van der Waals surface area (Å²) in [7, 11) is 0. The predicted octanol–water partition coefficient (Wildman–Crippen LogP) is 3.54. The van der Waals surface area contributed by atoms with Crippen molar-refractivity contribution in [2.45, 2.75) is 9.79 Å². The van der Waals surface area contributed by atoms with Crippen molar-refractivity contribution < 1.29 is 31.3 Å². The third-order valence-electron chi connectivity index (χ3n) is 1.80. The zero-order chi connectivity index (χ0) is 9.80. The summed E-state index contributed by atoms with van der Waals surface area (Å²) in [6.07, 6.45) is 0. The normalized spacial score (nSPS) is 9.33. The number of aromatic hydroxyl groups is 1. The molecule has 1 nitrogen and oxygen atoms in total. The van der Waals surface area contributed by atoms with E-state index in [1.165, 1.54) is 4.90 Å². The second kappa shape index (κ2) is 6.14. The van der Waals surface area contributed by atoms with Crippen LogP contribution in [0.15, 0.2) is 64.4 Å². The number of hydrogen-bond acceptors (Lipinski definition) is 2. The van der Waals surface area contributed by atoms with Crippen LogP contribution in [0.1, 0.15) is 0 Å². The maximum atomic E-state index is 9.28. The standard InChI is InChI=1S/C12H10OS.Zr/c13-10-5-4-8-12(9-10)14-11-6-2-1-3-7-11;/h1-9,13H;. The molecule has 0 heterocycles. The van der Waals surface area contributed by atoms with Gasteiger partial charge in [0.1, 0.15) is 5.75 Å². The van der Waals surface area contributed by atoms with E-state index in [9.17, 15) is 5.11 Å². The Hall–Kier alpha value is -0.527. The van der Waals surface area contributed by atoms with Crippen molar-refractivity contribution in [2.75, 3.05) is 0 Å². The summed E-state index contributed by atoms with van der Waals surface area (Å²) in [5.41, 5.74) is 0. The van der Waals surface area contributed by atoms with Gasteiger partial charge in [0.15, 0.2) is 0 Å². The van der Waals surface area contributed by atoms with Crippen LogP contribution >= 0.6 is 11.8 Å². The number of benzene rings is 2. The topological polar surface area (TPSA) is 20.2 Å². The van der Waals surface area contributed by atoms with Crippen molar-refractivity contribution >= 4 is 11.8 Å². The summed E-state index contributed by atoms with van der Waals surface area (Å²) in [5, 5.41) is 9.28. The van der Waals surface area contributed by atoms with Crippen molar-refractivity contribution in [1.82, 2.24) is 0 Å². The van der Waals surface area contributed by atoms with Crippen LogP contribution in [0.25, 0.3) is 0 Å². The molecule has 0 aliphatic rings. The minimum atomic E-state index is 0. The van der Waals surface area contributed by atoms with Gasteiger partial charge in [-0.15, -0.1) is 0 Å². The summed E-state index contributed by atoms with van der Waals surface area (Å²) >= 11 is 1.64. The van der Waals surface area contributed by atoms with Crippen LogP contribution in [0.4, 0.5) is 0 Å². The molecule has 3 heteroatoms. The minimum Gasteiger partial charge on any atom is -0.508 e. The molecule has 0 saturated carbocycles. The first-order valence-corrected chi connectivity index (χ1v) is 5.18. The zero-order valence-electron chi connectivity index (χ0n) is 8.05. The van der Waals surface area contributed by atoms with Crippen LogP contribution in [0.3, 0.4) is 0 Å². The molecule has 15 heavy (non-hydrogen) atoms. The van der Waals surface area contributed by atoms with Crippen LogP contribution in [-0.4, -0.2) is 5.11 Å². The molecule has 0 atom stereocenters. The van der Waals surface area contributed by atoms with Gasteiger partial charge in [-0.3, -0.25) is 0 Å². The first kappa shape index (κ1) is 12.5. The second-order valence-electron chi connectivity index (χ2n) is 2.91. The van der Waals surface area contributed by atoms with Gasteiger partial charge in [0.2, 0.25) is 0 Å². The smallest absolute Gasteiger partial charge is 0.116 e. The molecule has 0 aromatic heterocycles. The summed E-state index contributed by atoms with van der Waals surface area (Å²) in [4.78, 5) is 2.23. The second-order valence-corrected chi connectivity index (χ2v) is 4.06. The maximum absolute atomic E-state index is 9.28. The molecule has 1 N–H and O–H groups in total. The molecule has 0 saturated heterocycles. The average molecular weight is 294 g/mol. The average Bonchev–Trinajstić information content (AvgIpc) is 2.19. The van der Waals surface area contributed by atoms with Gasteiger partial charge < -0.3 is 5.11 Å². The van der Waals surface area contributed by atoms with Gasteiger partial charge in [-0.2, -0.15) is 0 Å². The number of phenols is 1. The van der Waals surface area contributed by atoms with E-state index in [1.807, 2.05) is 30.3 Å². The number of hydrogen-bond donors (Lipinski definition) is 1. The van der Waals surface area contributed by atoms with Crippen molar-refractivity contribution in [3.8, 4) is 5.75 Å². The largest absolute Gasteiger partial charge is 0.508 e. The maximum Gasteiger partial charge on any atom is 0.116 e. The molecule has 0 aliphatic carbocycles. The number of rotatable bonds is 2. The molecule has 0 bridgehead atoms. The Morgan fingerprint density at radius 1 is 0.800 bits per heavy atom. The third-order valence-corrected chi connectivity index (χ3v) is 2.79. The third kappa shape index (κ3) is 3.85. The molecular formula is C12H10OSZr. The van der Waals surface area contributed by atoms with E-state index in [0.717, 1.165) is 4.90 Å². The molecule has 0 spiro atoms. The molecule has 2 aromatic rings. The van der Waals surface area contributed by atoms with Crippen LogP contribution < -0.4 is 0 Å². The molecule has 0 fully saturated rings. The predicted molar refractivity (Wildman–Crippen MR) is 58.7 cm³/mol. The molecule has 0 amide bonds. The van der Waals surface area contributed by atoms with Crippen LogP contribution in [0, 0.1) is 0 Å². The van der Waals surface area contributed by atoms with Crippen LogP contribution in [-0.2, 0) is 26.2 Å². The molecule has 0 radical (unpaired) electrons. The van der Waals surface area contributed by atoms with Crippen molar-refractivity contribution in [3.05, 3.63) is 54.6 Å². The molecule has 2 aromatic carbocycles. The van der Waals surface area contributed by atoms with E-state index in [0.29, 0.717) is 5.75 Å². The molecule has 74 valence electrons. The van der Waals surface area contributed by atoms with E-state index in [4.69, 9.17) is 0 Å². The van der Waals surface area contributed by atoms with Gasteiger partial charge >= 0.3 is 0 Å². The van der Waals surface area contributed by atoms with Gasteiger partial charge in [-0.05, 0) is 30.3 Å². The van der Waals surface area contributed by atoms with E-state index in [1.54, 1.807) is 23.9 Å². The molecule has 0 aliphatic heterocycles. The quantitative estimate of drug-likeness (QED) is 0.914. The fourth-order valence-electron chi connectivity index (χ4n) is 1.17. The van der Waals surface area contributed by atoms with Crippen molar-refractivity contribution in [2.24, 2.45) is 0 Å². The molecular weight excluding hydrogens is 283 g/mol. The van der Waals surface area contributed by atoms with E-state index >= 15 is 0 Å². The van der Waals surface area contributed by atoms with Gasteiger partial charge in [0, 0.05) is 36.0 Å².